The summed E-state index contributed by atoms with van der Waals surface area (Å²) in [5, 5.41) is 14.9. The quantitative estimate of drug-likeness (QED) is 0.377. The molecule has 4 N–H and O–H groups in total. The van der Waals surface area contributed by atoms with Crippen molar-refractivity contribution in [1.29, 1.82) is 0 Å². The van der Waals surface area contributed by atoms with Crippen LogP contribution in [0.1, 0.15) is 64.4 Å². The summed E-state index contributed by atoms with van der Waals surface area (Å²) in [6.07, 6.45) is 5.06. The van der Waals surface area contributed by atoms with Gasteiger partial charge in [0.25, 0.3) is 11.8 Å². The van der Waals surface area contributed by atoms with Gasteiger partial charge in [0.15, 0.2) is 0 Å². The predicted molar refractivity (Wildman–Crippen MR) is 118 cm³/mol. The third-order valence-corrected chi connectivity index (χ3v) is 5.09. The molecule has 0 radical (unpaired) electrons. The van der Waals surface area contributed by atoms with E-state index in [0.29, 0.717) is 16.5 Å². The summed E-state index contributed by atoms with van der Waals surface area (Å²) in [6.45, 7) is 4.07. The number of nitrogens with zero attached hydrogens (tertiary/aromatic N) is 1. The molecule has 3 rings (SSSR count). The number of aryl methyl sites for hydroxylation is 2. The summed E-state index contributed by atoms with van der Waals surface area (Å²) >= 11 is 0. The number of carbonyl (C=O) groups is 2. The Morgan fingerprint density at radius 1 is 1.10 bits per heavy atom. The van der Waals surface area contributed by atoms with Crippen LogP contribution in [-0.2, 0) is 6.42 Å². The molecule has 0 saturated carbocycles. The van der Waals surface area contributed by atoms with Gasteiger partial charge in [-0.1, -0.05) is 43.9 Å². The van der Waals surface area contributed by atoms with Crippen molar-refractivity contribution in [3.63, 3.8) is 0 Å². The number of nitrogens with two attached hydrogens (primary N) is 1. The summed E-state index contributed by atoms with van der Waals surface area (Å²) in [5.41, 5.74) is 10.4. The highest BCUT2D eigenvalue weighted by atomic mass is 16.3. The van der Waals surface area contributed by atoms with Crippen molar-refractivity contribution in [1.82, 2.24) is 5.43 Å². The van der Waals surface area contributed by atoms with E-state index in [9.17, 15) is 14.7 Å². The van der Waals surface area contributed by atoms with Gasteiger partial charge in [0.05, 0.1) is 0 Å². The number of fused-ring (bicyclic) bond motifs is 1. The molecule has 0 atom stereocenters. The van der Waals surface area contributed by atoms with E-state index in [1.165, 1.54) is 6.07 Å². The average molecular weight is 421 g/mol. The van der Waals surface area contributed by atoms with Crippen molar-refractivity contribution in [3.8, 4) is 5.75 Å². The number of hydrogen-bond acceptors (Lipinski definition) is 5. The van der Waals surface area contributed by atoms with Crippen LogP contribution in [0.4, 0.5) is 0 Å². The molecule has 31 heavy (non-hydrogen) atoms. The van der Waals surface area contributed by atoms with E-state index in [1.807, 2.05) is 19.1 Å². The molecule has 0 aliphatic carbocycles. The number of phenolic OH excluding ortho intramolecular Hbond substituents is 1. The van der Waals surface area contributed by atoms with E-state index >= 15 is 0 Å². The highest BCUT2D eigenvalue weighted by Crippen LogP contribution is 2.26. The number of carbonyl (C=O) groups excluding carboxylic acids is 2. The summed E-state index contributed by atoms with van der Waals surface area (Å²) < 4.78 is 5.70. The molecular formula is C24H27N3O4. The zero-order chi connectivity index (χ0) is 22.4. The fraction of sp³-hybridized carbons (Fsp3) is 0.292. The zero-order valence-corrected chi connectivity index (χ0v) is 17.8. The van der Waals surface area contributed by atoms with Crippen LogP contribution in [0.15, 0.2) is 52.0 Å². The Kier molecular flexibility index (Phi) is 7.07. The Hall–Kier alpha value is -3.61. The van der Waals surface area contributed by atoms with Gasteiger partial charge in [-0.3, -0.25) is 9.59 Å². The largest absolute Gasteiger partial charge is 0.508 e. The lowest BCUT2D eigenvalue weighted by Crippen LogP contribution is -2.27. The number of benzene rings is 2. The Morgan fingerprint density at radius 3 is 2.52 bits per heavy atom. The minimum Gasteiger partial charge on any atom is -0.508 e. The van der Waals surface area contributed by atoms with E-state index in [4.69, 9.17) is 10.2 Å². The maximum atomic E-state index is 12.3. The smallest absolute Gasteiger partial charge is 0.271 e. The van der Waals surface area contributed by atoms with Gasteiger partial charge >= 0.3 is 0 Å². The maximum Gasteiger partial charge on any atom is 0.271 e. The van der Waals surface area contributed by atoms with Crippen LogP contribution in [0.2, 0.25) is 0 Å². The first kappa shape index (κ1) is 22.1. The first-order chi connectivity index (χ1) is 14.9. The van der Waals surface area contributed by atoms with Crippen LogP contribution in [0.3, 0.4) is 0 Å². The van der Waals surface area contributed by atoms with E-state index in [0.717, 1.165) is 43.2 Å². The molecule has 0 aliphatic rings. The standard InChI is InChI=1S/C24H27N3O4/c1-3-4-5-6-7-17-12-18-13-19(22(25)29)24(31-21(18)14-20(17)28)27-26-23(30)16-10-8-15(2)9-11-16/h8-14,28H,3-7H2,1-2H3,(H2,25,29)(H,26,30)/b27-24-. The molecule has 0 saturated heterocycles. The number of unbranched alkanes of at least 4 members (excludes halogenated alkanes) is 3. The molecule has 7 heteroatoms. The lowest BCUT2D eigenvalue weighted by molar-refractivity contribution is 0.0946. The van der Waals surface area contributed by atoms with Gasteiger partial charge in [0.2, 0.25) is 5.55 Å². The van der Waals surface area contributed by atoms with Crippen LogP contribution in [-0.4, -0.2) is 16.9 Å². The van der Waals surface area contributed by atoms with Crippen LogP contribution in [0, 0.1) is 6.92 Å². The van der Waals surface area contributed by atoms with Crippen molar-refractivity contribution in [2.45, 2.75) is 46.0 Å². The molecular weight excluding hydrogens is 394 g/mol. The number of amides is 2. The number of primary amides is 1. The van der Waals surface area contributed by atoms with Crippen LogP contribution < -0.4 is 16.7 Å². The normalized spacial score (nSPS) is 11.6. The van der Waals surface area contributed by atoms with Gasteiger partial charge in [-0.15, -0.1) is 5.10 Å². The minimum atomic E-state index is -0.730. The number of rotatable bonds is 8. The van der Waals surface area contributed by atoms with Crippen LogP contribution >= 0.6 is 0 Å². The van der Waals surface area contributed by atoms with Gasteiger partial charge in [0, 0.05) is 17.0 Å². The van der Waals surface area contributed by atoms with Crippen molar-refractivity contribution >= 4 is 22.8 Å². The monoisotopic (exact) mass is 421 g/mol. The lowest BCUT2D eigenvalue weighted by atomic mass is 10.0. The SMILES string of the molecule is CCCCCCc1cc2cc(C(N)=O)/c(=N/NC(=O)c3ccc(C)cc3)oc2cc1O. The molecule has 0 fully saturated rings. The topological polar surface area (TPSA) is 118 Å². The molecule has 162 valence electrons. The molecule has 1 heterocycles. The van der Waals surface area contributed by atoms with E-state index in [-0.39, 0.29) is 16.9 Å². The van der Waals surface area contributed by atoms with Gasteiger partial charge in [-0.2, -0.15) is 0 Å². The van der Waals surface area contributed by atoms with Crippen molar-refractivity contribution in [2.75, 3.05) is 0 Å². The minimum absolute atomic E-state index is 0.0410. The number of hydrogen-bond donors (Lipinski definition) is 3. The van der Waals surface area contributed by atoms with Gasteiger partial charge in [-0.25, -0.2) is 5.43 Å². The molecule has 3 aromatic rings. The van der Waals surface area contributed by atoms with Crippen molar-refractivity contribution in [3.05, 3.63) is 70.3 Å². The second-order valence-electron chi connectivity index (χ2n) is 7.58. The van der Waals surface area contributed by atoms with Crippen molar-refractivity contribution < 1.29 is 19.1 Å². The molecule has 0 bridgehead atoms. The average Bonchev–Trinajstić information content (AvgIpc) is 2.75. The number of nitrogens with one attached hydrogen (secondary N) is 1. The van der Waals surface area contributed by atoms with Crippen LogP contribution in [0.25, 0.3) is 11.0 Å². The van der Waals surface area contributed by atoms with E-state index < -0.39 is 11.8 Å². The highest BCUT2D eigenvalue weighted by Gasteiger charge is 2.13. The second-order valence-corrected chi connectivity index (χ2v) is 7.58. The fourth-order valence-electron chi connectivity index (χ4n) is 3.28. The zero-order valence-electron chi connectivity index (χ0n) is 17.8. The number of phenols is 1. The Labute approximate surface area is 180 Å². The summed E-state index contributed by atoms with van der Waals surface area (Å²) in [7, 11) is 0. The first-order valence-electron chi connectivity index (χ1n) is 10.4. The molecule has 1 aromatic heterocycles. The molecule has 0 aliphatic heterocycles. The fourth-order valence-corrected chi connectivity index (χ4v) is 3.28. The Morgan fingerprint density at radius 2 is 1.84 bits per heavy atom. The molecule has 0 unspecified atom stereocenters. The van der Waals surface area contributed by atoms with Gasteiger partial charge in [0.1, 0.15) is 16.9 Å². The lowest BCUT2D eigenvalue weighted by Gasteiger charge is -2.08. The molecule has 7 nitrogen and oxygen atoms in total. The maximum absolute atomic E-state index is 12.3. The summed E-state index contributed by atoms with van der Waals surface area (Å²) in [5.74, 6) is -1.06. The van der Waals surface area contributed by atoms with Gasteiger partial charge in [-0.05, 0) is 49.6 Å². The van der Waals surface area contributed by atoms with E-state index in [1.54, 1.807) is 24.3 Å². The van der Waals surface area contributed by atoms with Crippen LogP contribution in [0.5, 0.6) is 5.75 Å². The summed E-state index contributed by atoms with van der Waals surface area (Å²) in [4.78, 5) is 24.3. The Balaban J connectivity index is 1.92. The van der Waals surface area contributed by atoms with Crippen molar-refractivity contribution in [2.24, 2.45) is 10.8 Å². The Bertz CT molecular complexity index is 1160. The molecule has 0 spiro atoms. The third kappa shape index (κ3) is 5.51. The second kappa shape index (κ2) is 9.93. The number of aromatic hydroxyl groups is 1. The predicted octanol–water partition coefficient (Wildman–Crippen LogP) is 3.91. The van der Waals surface area contributed by atoms with E-state index in [2.05, 4.69) is 17.5 Å². The first-order valence-corrected chi connectivity index (χ1v) is 10.4. The highest BCUT2D eigenvalue weighted by molar-refractivity contribution is 5.96. The third-order valence-electron chi connectivity index (χ3n) is 5.09. The molecule has 2 aromatic carbocycles. The van der Waals surface area contributed by atoms with Gasteiger partial charge < -0.3 is 15.3 Å². The summed E-state index contributed by atoms with van der Waals surface area (Å²) in [6, 6.07) is 11.8. The molecule has 2 amide bonds.